The van der Waals surface area contributed by atoms with Gasteiger partial charge in [-0.05, 0) is 5.56 Å². The van der Waals surface area contributed by atoms with Gasteiger partial charge in [-0.15, -0.1) is 0 Å². The second kappa shape index (κ2) is 7.28. The number of rotatable bonds is 6. The first-order valence-electron chi connectivity index (χ1n) is 6.25. The zero-order valence-corrected chi connectivity index (χ0v) is 11.6. The molecule has 1 aromatic rings. The lowest BCUT2D eigenvalue weighted by Gasteiger charge is -2.26. The van der Waals surface area contributed by atoms with Gasteiger partial charge in [-0.2, -0.15) is 0 Å². The van der Waals surface area contributed by atoms with E-state index in [2.05, 4.69) is 5.32 Å². The molecular formula is C14H19N3O3. The molecular weight excluding hydrogens is 258 g/mol. The molecule has 0 aliphatic heterocycles. The molecule has 0 aliphatic carbocycles. The zero-order chi connectivity index (χ0) is 15.1. The van der Waals surface area contributed by atoms with Crippen molar-refractivity contribution < 1.29 is 14.4 Å². The summed E-state index contributed by atoms with van der Waals surface area (Å²) in [6, 6.07) is 8.57. The molecule has 0 saturated heterocycles. The summed E-state index contributed by atoms with van der Waals surface area (Å²) in [6.45, 7) is 1.17. The fourth-order valence-corrected chi connectivity index (χ4v) is 1.76. The summed E-state index contributed by atoms with van der Waals surface area (Å²) in [6.07, 6.45) is 0.346. The van der Waals surface area contributed by atoms with Gasteiger partial charge in [0.15, 0.2) is 0 Å². The lowest BCUT2D eigenvalue weighted by atomic mass is 10.0. The van der Waals surface area contributed by atoms with E-state index in [4.69, 9.17) is 5.73 Å². The maximum absolute atomic E-state index is 11.9. The number of primary amides is 1. The first-order valence-corrected chi connectivity index (χ1v) is 6.25. The number of hydrogen-bond donors (Lipinski definition) is 2. The maximum Gasteiger partial charge on any atom is 0.242 e. The minimum Gasteiger partial charge on any atom is -0.368 e. The molecule has 0 aromatic heterocycles. The van der Waals surface area contributed by atoms with E-state index in [-0.39, 0.29) is 18.4 Å². The highest BCUT2D eigenvalue weighted by Crippen LogP contribution is 2.07. The van der Waals surface area contributed by atoms with Crippen LogP contribution in [0.2, 0.25) is 0 Å². The Labute approximate surface area is 117 Å². The largest absolute Gasteiger partial charge is 0.368 e. The van der Waals surface area contributed by atoms with E-state index in [1.807, 2.05) is 30.3 Å². The number of likely N-dealkylation sites (N-methyl/N-ethyl adjacent to an activating group) is 1. The van der Waals surface area contributed by atoms with Crippen molar-refractivity contribution in [3.63, 3.8) is 0 Å². The van der Waals surface area contributed by atoms with Crippen LogP contribution >= 0.6 is 0 Å². The average Bonchev–Trinajstić information content (AvgIpc) is 2.42. The molecule has 0 bridgehead atoms. The van der Waals surface area contributed by atoms with Crippen LogP contribution in [0.1, 0.15) is 12.5 Å². The molecule has 3 amide bonds. The molecule has 1 rings (SSSR count). The number of benzene rings is 1. The summed E-state index contributed by atoms with van der Waals surface area (Å²) in [7, 11) is 1.50. The predicted molar refractivity (Wildman–Crippen MR) is 74.6 cm³/mol. The zero-order valence-electron chi connectivity index (χ0n) is 11.6. The lowest BCUT2D eigenvalue weighted by Crippen LogP contribution is -2.49. The SMILES string of the molecule is CC(=O)NCC(=O)N(C)C(Cc1ccccc1)C(N)=O. The van der Waals surface area contributed by atoms with Gasteiger partial charge in [-0.25, -0.2) is 0 Å². The molecule has 20 heavy (non-hydrogen) atoms. The topological polar surface area (TPSA) is 92.5 Å². The molecule has 0 heterocycles. The van der Waals surface area contributed by atoms with E-state index in [9.17, 15) is 14.4 Å². The molecule has 1 aromatic carbocycles. The minimum absolute atomic E-state index is 0.148. The fourth-order valence-electron chi connectivity index (χ4n) is 1.76. The van der Waals surface area contributed by atoms with E-state index in [1.54, 1.807) is 0 Å². The molecule has 1 atom stereocenters. The highest BCUT2D eigenvalue weighted by molar-refractivity contribution is 5.89. The van der Waals surface area contributed by atoms with Crippen molar-refractivity contribution in [2.45, 2.75) is 19.4 Å². The minimum atomic E-state index is -0.737. The predicted octanol–water partition coefficient (Wildman–Crippen LogP) is -0.322. The van der Waals surface area contributed by atoms with Crippen molar-refractivity contribution in [1.82, 2.24) is 10.2 Å². The fraction of sp³-hybridized carbons (Fsp3) is 0.357. The summed E-state index contributed by atoms with van der Waals surface area (Å²) in [4.78, 5) is 35.5. The highest BCUT2D eigenvalue weighted by Gasteiger charge is 2.25. The maximum atomic E-state index is 11.9. The van der Waals surface area contributed by atoms with Gasteiger partial charge >= 0.3 is 0 Å². The molecule has 6 nitrogen and oxygen atoms in total. The van der Waals surface area contributed by atoms with Crippen molar-refractivity contribution in [1.29, 1.82) is 0 Å². The van der Waals surface area contributed by atoms with Crippen LogP contribution < -0.4 is 11.1 Å². The molecule has 108 valence electrons. The van der Waals surface area contributed by atoms with Gasteiger partial charge in [-0.1, -0.05) is 30.3 Å². The van der Waals surface area contributed by atoms with Gasteiger partial charge < -0.3 is 16.0 Å². The van der Waals surface area contributed by atoms with Gasteiger partial charge in [0.2, 0.25) is 17.7 Å². The van der Waals surface area contributed by atoms with Crippen LogP contribution in [-0.2, 0) is 20.8 Å². The molecule has 0 spiro atoms. The summed E-state index contributed by atoms with van der Waals surface area (Å²) < 4.78 is 0. The van der Waals surface area contributed by atoms with Gasteiger partial charge in [0.25, 0.3) is 0 Å². The van der Waals surface area contributed by atoms with Crippen LogP contribution in [0.4, 0.5) is 0 Å². The first kappa shape index (κ1) is 15.7. The quantitative estimate of drug-likeness (QED) is 0.746. The number of carbonyl (C=O) groups is 3. The second-order valence-electron chi connectivity index (χ2n) is 4.52. The third-order valence-electron chi connectivity index (χ3n) is 2.95. The Balaban J connectivity index is 2.72. The van der Waals surface area contributed by atoms with E-state index >= 15 is 0 Å². The summed E-state index contributed by atoms with van der Waals surface area (Å²) in [5.74, 6) is -1.24. The Bertz CT molecular complexity index is 488. The molecule has 0 fully saturated rings. The normalized spacial score (nSPS) is 11.5. The standard InChI is InChI=1S/C14H19N3O3/c1-10(18)16-9-13(19)17(2)12(14(15)20)8-11-6-4-3-5-7-11/h3-7,12H,8-9H2,1-2H3,(H2,15,20)(H,16,18). The van der Waals surface area contributed by atoms with Gasteiger partial charge in [0.05, 0.1) is 6.54 Å². The smallest absolute Gasteiger partial charge is 0.242 e. The Morgan fingerprint density at radius 1 is 1.25 bits per heavy atom. The highest BCUT2D eigenvalue weighted by atomic mass is 16.2. The first-order chi connectivity index (χ1) is 9.41. The van der Waals surface area contributed by atoms with Crippen molar-refractivity contribution in [2.75, 3.05) is 13.6 Å². The van der Waals surface area contributed by atoms with E-state index in [1.165, 1.54) is 18.9 Å². The van der Waals surface area contributed by atoms with Crippen LogP contribution in [0.15, 0.2) is 30.3 Å². The van der Waals surface area contributed by atoms with Gasteiger partial charge in [-0.3, -0.25) is 14.4 Å². The average molecular weight is 277 g/mol. The van der Waals surface area contributed by atoms with Crippen molar-refractivity contribution >= 4 is 17.7 Å². The van der Waals surface area contributed by atoms with E-state index < -0.39 is 11.9 Å². The third-order valence-corrected chi connectivity index (χ3v) is 2.95. The monoisotopic (exact) mass is 277 g/mol. The summed E-state index contributed by atoms with van der Waals surface area (Å²) >= 11 is 0. The molecule has 0 aliphatic rings. The van der Waals surface area contributed by atoms with Crippen LogP contribution in [0, 0.1) is 0 Å². The molecule has 3 N–H and O–H groups in total. The van der Waals surface area contributed by atoms with Crippen LogP contribution in [0.25, 0.3) is 0 Å². The second-order valence-corrected chi connectivity index (χ2v) is 4.52. The van der Waals surface area contributed by atoms with Crippen LogP contribution in [0.5, 0.6) is 0 Å². The number of hydrogen-bond acceptors (Lipinski definition) is 3. The van der Waals surface area contributed by atoms with Gasteiger partial charge in [0, 0.05) is 20.4 Å². The van der Waals surface area contributed by atoms with Crippen LogP contribution in [0.3, 0.4) is 0 Å². The molecule has 6 heteroatoms. The molecule has 0 radical (unpaired) electrons. The third kappa shape index (κ3) is 4.72. The molecule has 1 unspecified atom stereocenters. The number of amides is 3. The van der Waals surface area contributed by atoms with Crippen molar-refractivity contribution in [3.8, 4) is 0 Å². The van der Waals surface area contributed by atoms with Crippen molar-refractivity contribution in [2.24, 2.45) is 5.73 Å². The summed E-state index contributed by atoms with van der Waals surface area (Å²) in [5, 5.41) is 2.40. The Kier molecular flexibility index (Phi) is 5.71. The Morgan fingerprint density at radius 3 is 2.35 bits per heavy atom. The number of nitrogens with zero attached hydrogens (tertiary/aromatic N) is 1. The Morgan fingerprint density at radius 2 is 1.85 bits per heavy atom. The lowest BCUT2D eigenvalue weighted by molar-refractivity contribution is -0.137. The number of nitrogens with one attached hydrogen (secondary N) is 1. The van der Waals surface area contributed by atoms with Gasteiger partial charge in [0.1, 0.15) is 6.04 Å². The van der Waals surface area contributed by atoms with Crippen molar-refractivity contribution in [3.05, 3.63) is 35.9 Å². The summed E-state index contributed by atoms with van der Waals surface area (Å²) in [5.41, 5.74) is 6.27. The van der Waals surface area contributed by atoms with Crippen LogP contribution in [-0.4, -0.2) is 42.3 Å². The van der Waals surface area contributed by atoms with E-state index in [0.29, 0.717) is 6.42 Å². The number of nitrogens with two attached hydrogens (primary N) is 1. The van der Waals surface area contributed by atoms with E-state index in [0.717, 1.165) is 5.56 Å². The Hall–Kier alpha value is -2.37. The number of carbonyl (C=O) groups excluding carboxylic acids is 3. The molecule has 0 saturated carbocycles.